The van der Waals surface area contributed by atoms with E-state index >= 15 is 0 Å². The van der Waals surface area contributed by atoms with E-state index in [1.54, 1.807) is 19.2 Å². The van der Waals surface area contributed by atoms with E-state index in [0.29, 0.717) is 37.7 Å². The molecule has 0 aliphatic carbocycles. The molecule has 3 rings (SSSR count). The number of nitrogens with zero attached hydrogens (tertiary/aromatic N) is 4. The quantitative estimate of drug-likeness (QED) is 0.735. The van der Waals surface area contributed by atoms with Gasteiger partial charge in [-0.1, -0.05) is 17.7 Å². The Morgan fingerprint density at radius 2 is 1.72 bits per heavy atom. The predicted molar refractivity (Wildman–Crippen MR) is 115 cm³/mol. The summed E-state index contributed by atoms with van der Waals surface area (Å²) < 4.78 is 38.0. The van der Waals surface area contributed by atoms with Gasteiger partial charge in [0.2, 0.25) is 11.8 Å². The molecule has 1 aromatic heterocycles. The Morgan fingerprint density at radius 3 is 2.28 bits per heavy atom. The summed E-state index contributed by atoms with van der Waals surface area (Å²) >= 11 is 0. The van der Waals surface area contributed by atoms with Crippen molar-refractivity contribution in [3.8, 4) is 0 Å². The molecule has 1 saturated heterocycles. The summed E-state index contributed by atoms with van der Waals surface area (Å²) in [5, 5.41) is 2.77. The fourth-order valence-electron chi connectivity index (χ4n) is 3.33. The number of alkyl halides is 3. The van der Waals surface area contributed by atoms with Gasteiger partial charge in [-0.2, -0.15) is 13.2 Å². The summed E-state index contributed by atoms with van der Waals surface area (Å²) in [5.41, 5.74) is 0.985. The third kappa shape index (κ3) is 6.43. The Hall–Kier alpha value is -3.14. The van der Waals surface area contributed by atoms with E-state index in [-0.39, 0.29) is 24.9 Å². The first-order chi connectivity index (χ1) is 15.1. The van der Waals surface area contributed by atoms with Crippen LogP contribution in [-0.4, -0.2) is 72.9 Å². The summed E-state index contributed by atoms with van der Waals surface area (Å²) in [7, 11) is 1.58. The van der Waals surface area contributed by atoms with Gasteiger partial charge >= 0.3 is 6.18 Å². The number of aryl methyl sites for hydroxylation is 1. The highest BCUT2D eigenvalue weighted by Gasteiger charge is 2.31. The Morgan fingerprint density at radius 1 is 1.06 bits per heavy atom. The van der Waals surface area contributed by atoms with Gasteiger partial charge in [-0.3, -0.25) is 14.5 Å². The molecule has 2 aromatic rings. The van der Waals surface area contributed by atoms with Crippen molar-refractivity contribution in [1.82, 2.24) is 14.8 Å². The van der Waals surface area contributed by atoms with E-state index in [2.05, 4.69) is 10.3 Å². The number of aromatic nitrogens is 1. The molecule has 0 spiro atoms. The van der Waals surface area contributed by atoms with Crippen molar-refractivity contribution in [2.24, 2.45) is 0 Å². The van der Waals surface area contributed by atoms with Crippen LogP contribution in [0.25, 0.3) is 0 Å². The number of piperazine rings is 1. The highest BCUT2D eigenvalue weighted by atomic mass is 19.4. The molecule has 1 aliphatic rings. The van der Waals surface area contributed by atoms with E-state index in [9.17, 15) is 22.8 Å². The zero-order chi connectivity index (χ0) is 23.3. The van der Waals surface area contributed by atoms with Gasteiger partial charge < -0.3 is 15.1 Å². The monoisotopic (exact) mass is 449 g/mol. The van der Waals surface area contributed by atoms with E-state index in [1.165, 1.54) is 11.0 Å². The molecule has 0 radical (unpaired) electrons. The van der Waals surface area contributed by atoms with Crippen LogP contribution < -0.4 is 10.2 Å². The topological polar surface area (TPSA) is 68.8 Å². The Bertz CT molecular complexity index is 924. The standard InChI is InChI=1S/C22H26F3N5O2/c1-16-3-6-18(7-4-16)27-20(31)14-28(2)21(32)15-29-9-11-30(12-10-29)19-8-5-17(13-26-19)22(23,24)25/h3-8,13H,9-12,14-15H2,1-2H3,(H,27,31). The van der Waals surface area contributed by atoms with Crippen LogP contribution in [0.15, 0.2) is 42.6 Å². The van der Waals surface area contributed by atoms with Crippen molar-refractivity contribution < 1.29 is 22.8 Å². The minimum absolute atomic E-state index is 0.0534. The average Bonchev–Trinajstić information content (AvgIpc) is 2.75. The number of benzene rings is 1. The van der Waals surface area contributed by atoms with Crippen LogP contribution >= 0.6 is 0 Å². The molecule has 0 unspecified atom stereocenters. The zero-order valence-corrected chi connectivity index (χ0v) is 18.0. The van der Waals surface area contributed by atoms with Gasteiger partial charge in [0, 0.05) is 45.1 Å². The van der Waals surface area contributed by atoms with Crippen LogP contribution in [0.1, 0.15) is 11.1 Å². The van der Waals surface area contributed by atoms with Crippen LogP contribution in [0.4, 0.5) is 24.7 Å². The van der Waals surface area contributed by atoms with E-state index in [0.717, 1.165) is 17.8 Å². The van der Waals surface area contributed by atoms with Gasteiger partial charge in [0.25, 0.3) is 0 Å². The maximum absolute atomic E-state index is 12.7. The van der Waals surface area contributed by atoms with Crippen LogP contribution in [0.3, 0.4) is 0 Å². The van der Waals surface area contributed by atoms with Crippen molar-refractivity contribution in [2.45, 2.75) is 13.1 Å². The number of hydrogen-bond acceptors (Lipinski definition) is 5. The second kappa shape index (κ2) is 9.99. The number of pyridine rings is 1. The molecule has 1 N–H and O–H groups in total. The van der Waals surface area contributed by atoms with E-state index in [1.807, 2.05) is 28.9 Å². The second-order valence-electron chi connectivity index (χ2n) is 7.83. The highest BCUT2D eigenvalue weighted by Crippen LogP contribution is 2.29. The minimum atomic E-state index is -4.41. The third-order valence-corrected chi connectivity index (χ3v) is 5.27. The summed E-state index contributed by atoms with van der Waals surface area (Å²) in [6, 6.07) is 9.79. The van der Waals surface area contributed by atoms with E-state index in [4.69, 9.17) is 0 Å². The number of likely N-dealkylation sites (N-methyl/N-ethyl adjacent to an activating group) is 1. The van der Waals surface area contributed by atoms with Gasteiger partial charge in [-0.25, -0.2) is 4.98 Å². The first-order valence-corrected chi connectivity index (χ1v) is 10.2. The van der Waals surface area contributed by atoms with Crippen LogP contribution in [-0.2, 0) is 15.8 Å². The fraction of sp³-hybridized carbons (Fsp3) is 0.409. The molecule has 10 heteroatoms. The normalized spacial score (nSPS) is 14.8. The Balaban J connectivity index is 1.43. The summed E-state index contributed by atoms with van der Waals surface area (Å²) in [5.74, 6) is 0.0296. The van der Waals surface area contributed by atoms with Crippen molar-refractivity contribution in [3.05, 3.63) is 53.7 Å². The smallest absolute Gasteiger partial charge is 0.354 e. The van der Waals surface area contributed by atoms with Gasteiger partial charge in [-0.15, -0.1) is 0 Å². The lowest BCUT2D eigenvalue weighted by atomic mass is 10.2. The van der Waals surface area contributed by atoms with Crippen LogP contribution in [0, 0.1) is 6.92 Å². The van der Waals surface area contributed by atoms with Crippen molar-refractivity contribution in [1.29, 1.82) is 0 Å². The SMILES string of the molecule is Cc1ccc(NC(=O)CN(C)C(=O)CN2CCN(c3ccc(C(F)(F)F)cn3)CC2)cc1. The molecular formula is C22H26F3N5O2. The Labute approximate surface area is 184 Å². The lowest BCUT2D eigenvalue weighted by Gasteiger charge is -2.35. The molecule has 0 atom stereocenters. The van der Waals surface area contributed by atoms with Crippen LogP contribution in [0.2, 0.25) is 0 Å². The summed E-state index contributed by atoms with van der Waals surface area (Å²) in [6.07, 6.45) is -3.57. The number of rotatable bonds is 6. The first kappa shape index (κ1) is 23.5. The molecular weight excluding hydrogens is 423 g/mol. The number of hydrogen-bond donors (Lipinski definition) is 1. The molecule has 32 heavy (non-hydrogen) atoms. The minimum Gasteiger partial charge on any atom is -0.354 e. The first-order valence-electron chi connectivity index (χ1n) is 10.2. The number of anilines is 2. The average molecular weight is 449 g/mol. The molecule has 0 bridgehead atoms. The lowest BCUT2D eigenvalue weighted by Crippen LogP contribution is -2.50. The summed E-state index contributed by atoms with van der Waals surface area (Å²) in [6.45, 7) is 4.30. The van der Waals surface area contributed by atoms with Gasteiger partial charge in [0.15, 0.2) is 0 Å². The number of amides is 2. The fourth-order valence-corrected chi connectivity index (χ4v) is 3.33. The Kier molecular flexibility index (Phi) is 7.34. The highest BCUT2D eigenvalue weighted by molar-refractivity contribution is 5.94. The lowest BCUT2D eigenvalue weighted by molar-refractivity contribution is -0.137. The van der Waals surface area contributed by atoms with E-state index < -0.39 is 11.7 Å². The van der Waals surface area contributed by atoms with Crippen molar-refractivity contribution >= 4 is 23.3 Å². The second-order valence-corrected chi connectivity index (χ2v) is 7.83. The molecule has 1 aromatic carbocycles. The number of carbonyl (C=O) groups is 2. The van der Waals surface area contributed by atoms with Crippen molar-refractivity contribution in [2.75, 3.05) is 56.5 Å². The molecule has 7 nitrogen and oxygen atoms in total. The molecule has 0 saturated carbocycles. The molecule has 1 fully saturated rings. The summed E-state index contributed by atoms with van der Waals surface area (Å²) in [4.78, 5) is 33.8. The van der Waals surface area contributed by atoms with Gasteiger partial charge in [0.1, 0.15) is 5.82 Å². The molecule has 172 valence electrons. The van der Waals surface area contributed by atoms with Gasteiger partial charge in [-0.05, 0) is 31.2 Å². The maximum atomic E-state index is 12.7. The predicted octanol–water partition coefficient (Wildman–Crippen LogP) is 2.63. The largest absolute Gasteiger partial charge is 0.417 e. The van der Waals surface area contributed by atoms with Crippen molar-refractivity contribution in [3.63, 3.8) is 0 Å². The maximum Gasteiger partial charge on any atom is 0.417 e. The molecule has 2 heterocycles. The number of carbonyl (C=O) groups excluding carboxylic acids is 2. The molecule has 1 aliphatic heterocycles. The molecule has 2 amide bonds. The van der Waals surface area contributed by atoms with Gasteiger partial charge in [0.05, 0.1) is 18.7 Å². The zero-order valence-electron chi connectivity index (χ0n) is 18.0. The third-order valence-electron chi connectivity index (χ3n) is 5.27. The number of nitrogens with one attached hydrogen (secondary N) is 1. The van der Waals surface area contributed by atoms with Crippen LogP contribution in [0.5, 0.6) is 0 Å². The number of halogens is 3.